The summed E-state index contributed by atoms with van der Waals surface area (Å²) in [5.74, 6) is -0.774. The van der Waals surface area contributed by atoms with Gasteiger partial charge in [0.25, 0.3) is 0 Å². The summed E-state index contributed by atoms with van der Waals surface area (Å²) in [7, 11) is 1.33. The molecule has 0 saturated heterocycles. The maximum absolute atomic E-state index is 12.0. The van der Waals surface area contributed by atoms with Crippen LogP contribution in [0.3, 0.4) is 0 Å². The van der Waals surface area contributed by atoms with Crippen LogP contribution in [0.1, 0.15) is 46.0 Å². The maximum atomic E-state index is 12.0. The second kappa shape index (κ2) is 7.39. The number of carbonyl (C=O) groups excluding carboxylic acids is 2. The molecule has 0 aromatic carbocycles. The number of nitrogens with one attached hydrogen (secondary N) is 1. The fraction of sp³-hybridized carbons (Fsp3) is 0.857. The first-order chi connectivity index (χ1) is 8.56. The first-order valence-corrected chi connectivity index (χ1v) is 6.91. The summed E-state index contributed by atoms with van der Waals surface area (Å²) in [4.78, 5) is 23.6. The zero-order valence-electron chi connectivity index (χ0n) is 11.7. The van der Waals surface area contributed by atoms with Gasteiger partial charge in [-0.05, 0) is 24.7 Å². The summed E-state index contributed by atoms with van der Waals surface area (Å²) >= 11 is 0. The highest BCUT2D eigenvalue weighted by Crippen LogP contribution is 2.23. The summed E-state index contributed by atoms with van der Waals surface area (Å²) in [5.41, 5.74) is 0. The molecular weight excluding hydrogens is 230 g/mol. The Morgan fingerprint density at radius 3 is 2.33 bits per heavy atom. The molecule has 0 bridgehead atoms. The number of ether oxygens (including phenoxy) is 1. The van der Waals surface area contributed by atoms with Crippen LogP contribution in [0.5, 0.6) is 0 Å². The predicted molar refractivity (Wildman–Crippen MR) is 69.9 cm³/mol. The summed E-state index contributed by atoms with van der Waals surface area (Å²) in [6.45, 7) is 4.42. The lowest BCUT2D eigenvalue weighted by atomic mass is 9.89. The molecule has 1 unspecified atom stereocenters. The van der Waals surface area contributed by atoms with Gasteiger partial charge in [0.15, 0.2) is 0 Å². The Hall–Kier alpha value is -1.06. The molecule has 1 rings (SSSR count). The molecule has 0 heterocycles. The van der Waals surface area contributed by atoms with Crippen molar-refractivity contribution in [2.24, 2.45) is 17.8 Å². The van der Waals surface area contributed by atoms with E-state index in [1.807, 2.05) is 13.8 Å². The Morgan fingerprint density at radius 1 is 1.22 bits per heavy atom. The Bertz CT molecular complexity index is 283. The van der Waals surface area contributed by atoms with Crippen molar-refractivity contribution in [1.82, 2.24) is 5.32 Å². The van der Waals surface area contributed by atoms with Crippen molar-refractivity contribution in [3.63, 3.8) is 0 Å². The van der Waals surface area contributed by atoms with E-state index < -0.39 is 11.9 Å². The van der Waals surface area contributed by atoms with E-state index in [4.69, 9.17) is 0 Å². The smallest absolute Gasteiger partial charge is 0.318 e. The predicted octanol–water partition coefficient (Wildman–Crippen LogP) is 2.13. The standard InChI is InChI=1S/C14H25NO3/c1-10(2)12(14(17)18-3)13(16)15-9-11-7-5-4-6-8-11/h10-12H,4-9H2,1-3H3,(H,15,16). The van der Waals surface area contributed by atoms with Crippen molar-refractivity contribution in [3.8, 4) is 0 Å². The van der Waals surface area contributed by atoms with E-state index in [2.05, 4.69) is 10.1 Å². The van der Waals surface area contributed by atoms with Crippen molar-refractivity contribution in [2.45, 2.75) is 46.0 Å². The monoisotopic (exact) mass is 255 g/mol. The Morgan fingerprint density at radius 2 is 1.83 bits per heavy atom. The Labute approximate surface area is 109 Å². The third kappa shape index (κ3) is 4.31. The second-order valence-electron chi connectivity index (χ2n) is 5.49. The summed E-state index contributed by atoms with van der Waals surface area (Å²) in [5, 5.41) is 2.91. The minimum atomic E-state index is -0.682. The molecule has 1 amide bonds. The van der Waals surface area contributed by atoms with Crippen LogP contribution in [0.25, 0.3) is 0 Å². The van der Waals surface area contributed by atoms with Crippen molar-refractivity contribution >= 4 is 11.9 Å². The van der Waals surface area contributed by atoms with Gasteiger partial charge in [-0.25, -0.2) is 0 Å². The van der Waals surface area contributed by atoms with E-state index >= 15 is 0 Å². The average molecular weight is 255 g/mol. The van der Waals surface area contributed by atoms with E-state index in [1.54, 1.807) is 0 Å². The molecule has 18 heavy (non-hydrogen) atoms. The minimum absolute atomic E-state index is 0.0381. The number of esters is 1. The molecule has 1 aliphatic carbocycles. The van der Waals surface area contributed by atoms with Crippen molar-refractivity contribution in [1.29, 1.82) is 0 Å². The molecule has 0 aromatic rings. The van der Waals surface area contributed by atoms with E-state index in [9.17, 15) is 9.59 Å². The average Bonchev–Trinajstić information content (AvgIpc) is 2.37. The number of rotatable bonds is 5. The molecule has 0 radical (unpaired) electrons. The molecule has 4 nitrogen and oxygen atoms in total. The van der Waals surface area contributed by atoms with Gasteiger partial charge in [-0.1, -0.05) is 33.1 Å². The lowest BCUT2D eigenvalue weighted by molar-refractivity contribution is -0.152. The largest absolute Gasteiger partial charge is 0.468 e. The van der Waals surface area contributed by atoms with Crippen LogP contribution < -0.4 is 5.32 Å². The van der Waals surface area contributed by atoms with Gasteiger partial charge >= 0.3 is 5.97 Å². The third-order valence-electron chi connectivity index (χ3n) is 3.69. The highest BCUT2D eigenvalue weighted by Gasteiger charge is 2.31. The summed E-state index contributed by atoms with van der Waals surface area (Å²) in [6.07, 6.45) is 6.19. The molecule has 1 saturated carbocycles. The van der Waals surface area contributed by atoms with Gasteiger partial charge in [-0.15, -0.1) is 0 Å². The molecule has 0 aliphatic heterocycles. The number of carbonyl (C=O) groups is 2. The number of methoxy groups -OCH3 is 1. The molecule has 1 aliphatic rings. The van der Waals surface area contributed by atoms with E-state index in [1.165, 1.54) is 39.2 Å². The zero-order chi connectivity index (χ0) is 13.5. The van der Waals surface area contributed by atoms with Crippen LogP contribution >= 0.6 is 0 Å². The van der Waals surface area contributed by atoms with Crippen LogP contribution in [0.2, 0.25) is 0 Å². The van der Waals surface area contributed by atoms with Gasteiger partial charge < -0.3 is 10.1 Å². The lowest BCUT2D eigenvalue weighted by Crippen LogP contribution is -2.41. The quantitative estimate of drug-likeness (QED) is 0.605. The van der Waals surface area contributed by atoms with Gasteiger partial charge in [0.05, 0.1) is 7.11 Å². The van der Waals surface area contributed by atoms with Crippen molar-refractivity contribution in [2.75, 3.05) is 13.7 Å². The zero-order valence-corrected chi connectivity index (χ0v) is 11.7. The van der Waals surface area contributed by atoms with Gasteiger partial charge in [0.2, 0.25) is 5.91 Å². The molecular formula is C14H25NO3. The lowest BCUT2D eigenvalue weighted by Gasteiger charge is -2.23. The molecule has 4 heteroatoms. The van der Waals surface area contributed by atoms with E-state index in [0.717, 1.165) is 0 Å². The first kappa shape index (κ1) is 15.0. The second-order valence-corrected chi connectivity index (χ2v) is 5.49. The fourth-order valence-corrected chi connectivity index (χ4v) is 2.56. The topological polar surface area (TPSA) is 55.4 Å². The van der Waals surface area contributed by atoms with Crippen LogP contribution in [0.4, 0.5) is 0 Å². The maximum Gasteiger partial charge on any atom is 0.318 e. The molecule has 1 N–H and O–H groups in total. The molecule has 1 fully saturated rings. The van der Waals surface area contributed by atoms with Crippen molar-refractivity contribution in [3.05, 3.63) is 0 Å². The van der Waals surface area contributed by atoms with Gasteiger partial charge in [-0.2, -0.15) is 0 Å². The van der Waals surface area contributed by atoms with Crippen LogP contribution in [-0.4, -0.2) is 25.5 Å². The normalized spacial score (nSPS) is 18.4. The van der Waals surface area contributed by atoms with Gasteiger partial charge in [-0.3, -0.25) is 9.59 Å². The van der Waals surface area contributed by atoms with Crippen molar-refractivity contribution < 1.29 is 14.3 Å². The number of hydrogen-bond donors (Lipinski definition) is 1. The highest BCUT2D eigenvalue weighted by molar-refractivity contribution is 5.97. The number of amides is 1. The molecule has 0 aromatic heterocycles. The van der Waals surface area contributed by atoms with E-state index in [0.29, 0.717) is 12.5 Å². The highest BCUT2D eigenvalue weighted by atomic mass is 16.5. The van der Waals surface area contributed by atoms with E-state index in [-0.39, 0.29) is 11.8 Å². The Balaban J connectivity index is 2.43. The molecule has 104 valence electrons. The van der Waals surface area contributed by atoms with Crippen LogP contribution in [0, 0.1) is 17.8 Å². The molecule has 0 spiro atoms. The molecule has 1 atom stereocenters. The fourth-order valence-electron chi connectivity index (χ4n) is 2.56. The first-order valence-electron chi connectivity index (χ1n) is 6.91. The Kier molecular flexibility index (Phi) is 6.16. The SMILES string of the molecule is COC(=O)C(C(=O)NCC1CCCCC1)C(C)C. The van der Waals surface area contributed by atoms with Gasteiger partial charge in [0.1, 0.15) is 5.92 Å². The summed E-state index contributed by atoms with van der Waals surface area (Å²) < 4.78 is 4.69. The van der Waals surface area contributed by atoms with Gasteiger partial charge in [0, 0.05) is 6.54 Å². The summed E-state index contributed by atoms with van der Waals surface area (Å²) in [6, 6.07) is 0. The third-order valence-corrected chi connectivity index (χ3v) is 3.69. The number of hydrogen-bond acceptors (Lipinski definition) is 3. The van der Waals surface area contributed by atoms with Crippen LogP contribution in [0.15, 0.2) is 0 Å². The minimum Gasteiger partial charge on any atom is -0.468 e. The van der Waals surface area contributed by atoms with Crippen LogP contribution in [-0.2, 0) is 14.3 Å².